The molecule has 25 heavy (non-hydrogen) atoms. The minimum absolute atomic E-state index is 0.166. The van der Waals surface area contributed by atoms with Gasteiger partial charge in [0, 0.05) is 18.1 Å². The van der Waals surface area contributed by atoms with Crippen molar-refractivity contribution >= 4 is 28.5 Å². The molecule has 130 valence electrons. The quantitative estimate of drug-likeness (QED) is 0.703. The van der Waals surface area contributed by atoms with Crippen LogP contribution < -0.4 is 4.90 Å². The maximum Gasteiger partial charge on any atom is 0.168 e. The molecule has 1 aliphatic rings. The molecule has 3 aromatic rings. The molecule has 2 atom stereocenters. The molecule has 6 nitrogen and oxygen atoms in total. The van der Waals surface area contributed by atoms with Gasteiger partial charge in [-0.05, 0) is 38.5 Å². The molecule has 1 fully saturated rings. The van der Waals surface area contributed by atoms with E-state index in [1.54, 1.807) is 11.0 Å². The summed E-state index contributed by atoms with van der Waals surface area (Å²) in [6.07, 6.45) is 3.75. The van der Waals surface area contributed by atoms with Gasteiger partial charge in [0.15, 0.2) is 5.65 Å². The lowest BCUT2D eigenvalue weighted by Crippen LogP contribution is -2.45. The monoisotopic (exact) mass is 357 g/mol. The maximum atomic E-state index is 6.27. The number of aromatic nitrogens is 4. The normalized spacial score (nSPS) is 21.0. The van der Waals surface area contributed by atoms with Crippen molar-refractivity contribution in [1.82, 2.24) is 19.7 Å². The number of nitrogens with zero attached hydrogens (tertiary/aromatic N) is 5. The van der Waals surface area contributed by atoms with Gasteiger partial charge in [-0.15, -0.1) is 0 Å². The van der Waals surface area contributed by atoms with Crippen LogP contribution in [0.2, 0.25) is 5.02 Å². The molecule has 7 heteroatoms. The minimum Gasteiger partial charge on any atom is -0.372 e. The molecule has 0 radical (unpaired) electrons. The third-order valence-corrected chi connectivity index (χ3v) is 4.87. The lowest BCUT2D eigenvalue weighted by Gasteiger charge is -2.36. The highest BCUT2D eigenvalue weighted by Crippen LogP contribution is 2.28. The molecule has 0 unspecified atom stereocenters. The van der Waals surface area contributed by atoms with Gasteiger partial charge in [-0.1, -0.05) is 17.7 Å². The van der Waals surface area contributed by atoms with Crippen molar-refractivity contribution in [2.24, 2.45) is 0 Å². The van der Waals surface area contributed by atoms with E-state index in [2.05, 4.69) is 33.8 Å². The SMILES string of the molecule is Cc1ccc(-n2ncc3c(N4C[C@@H](C)O[C@@H](C)C4)ncnc32)cc1Cl. The second-order valence-corrected chi connectivity index (χ2v) is 6.99. The van der Waals surface area contributed by atoms with E-state index in [1.165, 1.54) is 0 Å². The summed E-state index contributed by atoms with van der Waals surface area (Å²) in [6.45, 7) is 7.75. The summed E-state index contributed by atoms with van der Waals surface area (Å²) in [5, 5.41) is 6.17. The van der Waals surface area contributed by atoms with Crippen LogP contribution in [0.3, 0.4) is 0 Å². The van der Waals surface area contributed by atoms with Crippen LogP contribution in [-0.2, 0) is 4.74 Å². The lowest BCUT2D eigenvalue weighted by atomic mass is 10.2. The predicted molar refractivity (Wildman–Crippen MR) is 98.6 cm³/mol. The Balaban J connectivity index is 1.79. The van der Waals surface area contributed by atoms with Crippen LogP contribution in [0.25, 0.3) is 16.7 Å². The average molecular weight is 358 g/mol. The van der Waals surface area contributed by atoms with Gasteiger partial charge in [-0.2, -0.15) is 5.10 Å². The minimum atomic E-state index is 0.166. The first kappa shape index (κ1) is 16.3. The van der Waals surface area contributed by atoms with E-state index in [0.717, 1.165) is 41.2 Å². The van der Waals surface area contributed by atoms with Crippen molar-refractivity contribution in [1.29, 1.82) is 0 Å². The van der Waals surface area contributed by atoms with Crippen LogP contribution in [0.4, 0.5) is 5.82 Å². The van der Waals surface area contributed by atoms with Crippen LogP contribution in [0.5, 0.6) is 0 Å². The highest BCUT2D eigenvalue weighted by molar-refractivity contribution is 6.31. The second-order valence-electron chi connectivity index (χ2n) is 6.59. The third kappa shape index (κ3) is 2.96. The Labute approximate surface area is 151 Å². The van der Waals surface area contributed by atoms with Crippen molar-refractivity contribution in [2.45, 2.75) is 33.0 Å². The number of fused-ring (bicyclic) bond motifs is 1. The highest BCUT2D eigenvalue weighted by Gasteiger charge is 2.25. The van der Waals surface area contributed by atoms with E-state index in [4.69, 9.17) is 16.3 Å². The summed E-state index contributed by atoms with van der Waals surface area (Å²) in [5.41, 5.74) is 2.70. The number of ether oxygens (including phenoxy) is 1. The zero-order chi connectivity index (χ0) is 17.6. The first-order chi connectivity index (χ1) is 12.0. The topological polar surface area (TPSA) is 56.1 Å². The van der Waals surface area contributed by atoms with Gasteiger partial charge in [-0.25, -0.2) is 14.6 Å². The lowest BCUT2D eigenvalue weighted by molar-refractivity contribution is -0.00537. The van der Waals surface area contributed by atoms with Gasteiger partial charge in [0.1, 0.15) is 12.1 Å². The summed E-state index contributed by atoms with van der Waals surface area (Å²) >= 11 is 6.27. The van der Waals surface area contributed by atoms with E-state index in [-0.39, 0.29) is 12.2 Å². The van der Waals surface area contributed by atoms with Crippen molar-refractivity contribution in [3.63, 3.8) is 0 Å². The van der Waals surface area contributed by atoms with Gasteiger partial charge in [0.05, 0.1) is 29.5 Å². The van der Waals surface area contributed by atoms with Crippen molar-refractivity contribution < 1.29 is 4.74 Å². The fourth-order valence-electron chi connectivity index (χ4n) is 3.34. The van der Waals surface area contributed by atoms with E-state index in [9.17, 15) is 0 Å². The van der Waals surface area contributed by atoms with E-state index < -0.39 is 0 Å². The van der Waals surface area contributed by atoms with Gasteiger partial charge < -0.3 is 9.64 Å². The van der Waals surface area contributed by atoms with Crippen LogP contribution in [0.15, 0.2) is 30.7 Å². The first-order valence-electron chi connectivity index (χ1n) is 8.38. The van der Waals surface area contributed by atoms with Gasteiger partial charge >= 0.3 is 0 Å². The molecule has 3 heterocycles. The molecule has 2 aromatic heterocycles. The summed E-state index contributed by atoms with van der Waals surface area (Å²) in [7, 11) is 0. The number of hydrogen-bond donors (Lipinski definition) is 0. The Kier molecular flexibility index (Phi) is 4.09. The smallest absolute Gasteiger partial charge is 0.168 e. The zero-order valence-electron chi connectivity index (χ0n) is 14.5. The standard InChI is InChI=1S/C18H20ClN5O/c1-11-4-5-14(6-16(11)19)24-18-15(7-22-24)17(20-10-21-18)23-8-12(2)25-13(3)9-23/h4-7,10,12-13H,8-9H2,1-3H3/t12-,13+. The fourth-order valence-corrected chi connectivity index (χ4v) is 3.51. The van der Waals surface area contributed by atoms with E-state index in [1.807, 2.05) is 31.3 Å². The molecule has 0 amide bonds. The van der Waals surface area contributed by atoms with Crippen LogP contribution in [0.1, 0.15) is 19.4 Å². The Bertz CT molecular complexity index is 915. The van der Waals surface area contributed by atoms with Crippen LogP contribution in [-0.4, -0.2) is 45.0 Å². The molecule has 0 spiro atoms. The van der Waals surface area contributed by atoms with E-state index in [0.29, 0.717) is 5.02 Å². The molecule has 4 rings (SSSR count). The number of halogens is 1. The molecule has 0 bridgehead atoms. The number of hydrogen-bond acceptors (Lipinski definition) is 5. The van der Waals surface area contributed by atoms with Gasteiger partial charge in [0.25, 0.3) is 0 Å². The summed E-state index contributed by atoms with van der Waals surface area (Å²) in [6, 6.07) is 5.89. The number of benzene rings is 1. The molecule has 1 aromatic carbocycles. The highest BCUT2D eigenvalue weighted by atomic mass is 35.5. The summed E-state index contributed by atoms with van der Waals surface area (Å²) in [5.74, 6) is 0.899. The third-order valence-electron chi connectivity index (χ3n) is 4.46. The number of anilines is 1. The Morgan fingerprint density at radius 2 is 1.92 bits per heavy atom. The van der Waals surface area contributed by atoms with Gasteiger partial charge in [-0.3, -0.25) is 0 Å². The van der Waals surface area contributed by atoms with Crippen LogP contribution in [0, 0.1) is 6.92 Å². The largest absolute Gasteiger partial charge is 0.372 e. The van der Waals surface area contributed by atoms with Gasteiger partial charge in [0.2, 0.25) is 0 Å². The van der Waals surface area contributed by atoms with Crippen LogP contribution >= 0.6 is 11.6 Å². The molecule has 1 saturated heterocycles. The summed E-state index contributed by atoms with van der Waals surface area (Å²) in [4.78, 5) is 11.2. The number of morpholine rings is 1. The molecule has 0 saturated carbocycles. The van der Waals surface area contributed by atoms with E-state index >= 15 is 0 Å². The second kappa shape index (κ2) is 6.28. The Hall–Kier alpha value is -2.18. The van der Waals surface area contributed by atoms with Crippen molar-refractivity contribution in [3.8, 4) is 5.69 Å². The number of aryl methyl sites for hydroxylation is 1. The Morgan fingerprint density at radius 3 is 2.64 bits per heavy atom. The fraction of sp³-hybridized carbons (Fsp3) is 0.389. The Morgan fingerprint density at radius 1 is 1.16 bits per heavy atom. The number of rotatable bonds is 2. The van der Waals surface area contributed by atoms with Crippen molar-refractivity contribution in [3.05, 3.63) is 41.3 Å². The predicted octanol–water partition coefficient (Wildman–Crippen LogP) is 3.39. The maximum absolute atomic E-state index is 6.27. The molecular formula is C18H20ClN5O. The first-order valence-corrected chi connectivity index (χ1v) is 8.76. The molecular weight excluding hydrogens is 338 g/mol. The van der Waals surface area contributed by atoms with Crippen molar-refractivity contribution in [2.75, 3.05) is 18.0 Å². The average Bonchev–Trinajstić information content (AvgIpc) is 3.00. The zero-order valence-corrected chi connectivity index (χ0v) is 15.2. The molecule has 1 aliphatic heterocycles. The molecule has 0 aliphatic carbocycles. The summed E-state index contributed by atoms with van der Waals surface area (Å²) < 4.78 is 7.63. The molecule has 0 N–H and O–H groups in total.